The highest BCUT2D eigenvalue weighted by Crippen LogP contribution is 2.33. The van der Waals surface area contributed by atoms with Gasteiger partial charge >= 0.3 is 0 Å². The third-order valence-electron chi connectivity index (χ3n) is 2.08. The summed E-state index contributed by atoms with van der Waals surface area (Å²) in [5.41, 5.74) is 1.09. The van der Waals surface area contributed by atoms with E-state index in [-0.39, 0.29) is 6.10 Å². The molecular formula is C9H12OS3. The van der Waals surface area contributed by atoms with Gasteiger partial charge in [0.1, 0.15) is 0 Å². The molecule has 0 bridgehead atoms. The monoisotopic (exact) mass is 232 g/mol. The van der Waals surface area contributed by atoms with Gasteiger partial charge in [-0.15, -0.1) is 0 Å². The Bertz CT molecular complexity index is 241. The molecule has 0 spiro atoms. The van der Waals surface area contributed by atoms with Gasteiger partial charge in [0.2, 0.25) is 0 Å². The van der Waals surface area contributed by atoms with Crippen LogP contribution in [-0.4, -0.2) is 27.6 Å². The maximum atomic E-state index is 10.0. The first-order chi connectivity index (χ1) is 6.38. The van der Waals surface area contributed by atoms with Crippen molar-refractivity contribution in [1.82, 2.24) is 0 Å². The molecule has 1 fully saturated rings. The minimum Gasteiger partial charge on any atom is -0.387 e. The van der Waals surface area contributed by atoms with Gasteiger partial charge in [0.05, 0.1) is 6.10 Å². The quantitative estimate of drug-likeness (QED) is 0.846. The van der Waals surface area contributed by atoms with E-state index < -0.39 is 0 Å². The number of thioether (sulfide) groups is 2. The predicted molar refractivity (Wildman–Crippen MR) is 62.8 cm³/mol. The third kappa shape index (κ3) is 2.43. The average Bonchev–Trinajstić information content (AvgIpc) is 2.71. The normalized spacial score (nSPS) is 25.8. The highest BCUT2D eigenvalue weighted by Gasteiger charge is 2.23. The summed E-state index contributed by atoms with van der Waals surface area (Å²) in [5.74, 6) is 3.50. The second-order valence-electron chi connectivity index (χ2n) is 2.99. The highest BCUT2D eigenvalue weighted by atomic mass is 32.2. The summed E-state index contributed by atoms with van der Waals surface area (Å²) in [4.78, 5) is 0. The van der Waals surface area contributed by atoms with Crippen LogP contribution < -0.4 is 0 Å². The van der Waals surface area contributed by atoms with E-state index in [9.17, 15) is 5.11 Å². The fraction of sp³-hybridized carbons (Fsp3) is 0.556. The fourth-order valence-corrected chi connectivity index (χ4v) is 4.79. The second kappa shape index (κ2) is 4.73. The van der Waals surface area contributed by atoms with E-state index in [1.165, 1.54) is 11.5 Å². The second-order valence-corrected chi connectivity index (χ2v) is 6.26. The number of rotatable bonds is 2. The van der Waals surface area contributed by atoms with Gasteiger partial charge < -0.3 is 5.11 Å². The molecule has 0 saturated carbocycles. The van der Waals surface area contributed by atoms with Gasteiger partial charge in [-0.25, -0.2) is 0 Å². The molecule has 2 unspecified atom stereocenters. The first kappa shape index (κ1) is 9.90. The van der Waals surface area contributed by atoms with Gasteiger partial charge in [-0.3, -0.25) is 0 Å². The molecule has 0 aliphatic carbocycles. The molecule has 0 aromatic carbocycles. The van der Waals surface area contributed by atoms with Crippen LogP contribution in [0, 0.1) is 0 Å². The highest BCUT2D eigenvalue weighted by molar-refractivity contribution is 8.06. The van der Waals surface area contributed by atoms with Crippen LogP contribution >= 0.6 is 34.9 Å². The van der Waals surface area contributed by atoms with E-state index in [2.05, 4.69) is 0 Å². The van der Waals surface area contributed by atoms with Crippen molar-refractivity contribution in [3.63, 3.8) is 0 Å². The van der Waals surface area contributed by atoms with E-state index in [1.54, 1.807) is 11.3 Å². The predicted octanol–water partition coefficient (Wildman–Crippen LogP) is 2.63. The van der Waals surface area contributed by atoms with E-state index in [4.69, 9.17) is 0 Å². The lowest BCUT2D eigenvalue weighted by atomic mass is 10.1. The molecule has 0 radical (unpaired) electrons. The summed E-state index contributed by atoms with van der Waals surface area (Å²) in [7, 11) is 0. The molecule has 1 saturated heterocycles. The lowest BCUT2D eigenvalue weighted by molar-refractivity contribution is 0.181. The van der Waals surface area contributed by atoms with Crippen molar-refractivity contribution >= 4 is 34.9 Å². The van der Waals surface area contributed by atoms with Crippen LogP contribution in [0.15, 0.2) is 16.8 Å². The molecule has 1 aromatic heterocycles. The Morgan fingerprint density at radius 3 is 3.00 bits per heavy atom. The minimum atomic E-state index is -0.260. The van der Waals surface area contributed by atoms with Crippen molar-refractivity contribution in [3.8, 4) is 0 Å². The fourth-order valence-electron chi connectivity index (χ4n) is 1.35. The van der Waals surface area contributed by atoms with Gasteiger partial charge in [0.25, 0.3) is 0 Å². The maximum absolute atomic E-state index is 10.0. The Morgan fingerprint density at radius 2 is 2.38 bits per heavy atom. The smallest absolute Gasteiger partial charge is 0.0924 e. The summed E-state index contributed by atoms with van der Waals surface area (Å²) in [6, 6.07) is 2.02. The van der Waals surface area contributed by atoms with Crippen LogP contribution in [0.2, 0.25) is 0 Å². The Labute approximate surface area is 90.9 Å². The lowest BCUT2D eigenvalue weighted by Crippen LogP contribution is -2.21. The van der Waals surface area contributed by atoms with E-state index in [1.807, 2.05) is 40.4 Å². The van der Waals surface area contributed by atoms with Gasteiger partial charge in [0.15, 0.2) is 0 Å². The van der Waals surface area contributed by atoms with Crippen molar-refractivity contribution < 1.29 is 5.11 Å². The molecule has 13 heavy (non-hydrogen) atoms. The Morgan fingerprint density at radius 1 is 1.46 bits per heavy atom. The van der Waals surface area contributed by atoms with Crippen LogP contribution in [0.25, 0.3) is 0 Å². The molecule has 2 atom stereocenters. The Balaban J connectivity index is 1.99. The summed E-state index contributed by atoms with van der Waals surface area (Å²) in [6.45, 7) is 0. The van der Waals surface area contributed by atoms with E-state index >= 15 is 0 Å². The van der Waals surface area contributed by atoms with Gasteiger partial charge in [0, 0.05) is 22.5 Å². The number of hydrogen-bond donors (Lipinski definition) is 1. The molecule has 2 heterocycles. The van der Waals surface area contributed by atoms with Crippen molar-refractivity contribution in [2.75, 3.05) is 17.3 Å². The number of hydrogen-bond acceptors (Lipinski definition) is 4. The van der Waals surface area contributed by atoms with Crippen LogP contribution in [0.4, 0.5) is 0 Å². The van der Waals surface area contributed by atoms with Crippen molar-refractivity contribution in [2.45, 2.75) is 11.4 Å². The molecule has 1 aliphatic rings. The number of aliphatic hydroxyl groups is 1. The Hall–Kier alpha value is 0.360. The van der Waals surface area contributed by atoms with Crippen LogP contribution in [-0.2, 0) is 0 Å². The first-order valence-corrected chi connectivity index (χ1v) is 7.42. The molecule has 0 amide bonds. The summed E-state index contributed by atoms with van der Waals surface area (Å²) >= 11 is 5.51. The molecule has 2 rings (SSSR count). The number of aliphatic hydroxyl groups excluding tert-OH is 1. The van der Waals surface area contributed by atoms with Crippen molar-refractivity contribution in [2.24, 2.45) is 0 Å². The molecule has 1 N–H and O–H groups in total. The first-order valence-electron chi connectivity index (χ1n) is 4.27. The molecule has 1 aliphatic heterocycles. The van der Waals surface area contributed by atoms with Crippen LogP contribution in [0.1, 0.15) is 11.7 Å². The molecule has 72 valence electrons. The maximum Gasteiger partial charge on any atom is 0.0924 e. The summed E-state index contributed by atoms with van der Waals surface area (Å²) < 4.78 is 0. The van der Waals surface area contributed by atoms with Crippen LogP contribution in [0.3, 0.4) is 0 Å². The molecular weight excluding hydrogens is 220 g/mol. The van der Waals surface area contributed by atoms with Crippen molar-refractivity contribution in [3.05, 3.63) is 22.4 Å². The zero-order valence-corrected chi connectivity index (χ0v) is 9.63. The van der Waals surface area contributed by atoms with Crippen LogP contribution in [0.5, 0.6) is 0 Å². The van der Waals surface area contributed by atoms with Gasteiger partial charge in [-0.1, -0.05) is 0 Å². The number of thiophene rings is 1. The average molecular weight is 232 g/mol. The largest absolute Gasteiger partial charge is 0.387 e. The standard InChI is InChI=1S/C9H12OS3/c10-9(7-1-2-11-5-7)8-6-12-3-4-13-8/h1-2,5,8-10H,3-4,6H2. The van der Waals surface area contributed by atoms with Crippen molar-refractivity contribution in [1.29, 1.82) is 0 Å². The summed E-state index contributed by atoms with van der Waals surface area (Å²) in [6.07, 6.45) is -0.260. The Kier molecular flexibility index (Phi) is 3.60. The third-order valence-corrected chi connectivity index (χ3v) is 5.63. The SMILES string of the molecule is OC(c1ccsc1)C1CSCCS1. The summed E-state index contributed by atoms with van der Waals surface area (Å²) in [5, 5.41) is 14.5. The van der Waals surface area contributed by atoms with E-state index in [0.29, 0.717) is 5.25 Å². The van der Waals surface area contributed by atoms with Gasteiger partial charge in [-0.05, 0) is 22.4 Å². The molecule has 1 aromatic rings. The molecule has 4 heteroatoms. The van der Waals surface area contributed by atoms with E-state index in [0.717, 1.165) is 11.3 Å². The zero-order chi connectivity index (χ0) is 9.10. The minimum absolute atomic E-state index is 0.260. The lowest BCUT2D eigenvalue weighted by Gasteiger charge is -2.25. The zero-order valence-electron chi connectivity index (χ0n) is 7.18. The topological polar surface area (TPSA) is 20.2 Å². The molecule has 1 nitrogen and oxygen atoms in total. The van der Waals surface area contributed by atoms with Gasteiger partial charge in [-0.2, -0.15) is 34.9 Å².